The molecule has 0 aliphatic rings. The molecule has 0 aliphatic heterocycles. The standard InChI is InChI=1S/C16H22N4O/c1-5-20(9-14(21)19-11(2)3)16-15-12(4)7-6-8-13(15)17-10-18-16/h6-8,10-11H,5,9H2,1-4H3,(H,19,21). The first kappa shape index (κ1) is 15.2. The summed E-state index contributed by atoms with van der Waals surface area (Å²) in [5.41, 5.74) is 2.02. The third kappa shape index (κ3) is 3.48. The minimum atomic E-state index is 0.00666. The minimum absolute atomic E-state index is 0.00666. The van der Waals surface area contributed by atoms with Gasteiger partial charge in [0.05, 0.1) is 12.1 Å². The monoisotopic (exact) mass is 286 g/mol. The van der Waals surface area contributed by atoms with Crippen LogP contribution in [0.15, 0.2) is 24.5 Å². The van der Waals surface area contributed by atoms with E-state index in [0.29, 0.717) is 13.1 Å². The van der Waals surface area contributed by atoms with Crippen molar-refractivity contribution in [2.75, 3.05) is 18.0 Å². The molecule has 2 rings (SSSR count). The van der Waals surface area contributed by atoms with E-state index < -0.39 is 0 Å². The number of rotatable bonds is 5. The number of nitrogens with zero attached hydrogens (tertiary/aromatic N) is 3. The number of anilines is 1. The third-order valence-electron chi connectivity index (χ3n) is 3.32. The summed E-state index contributed by atoms with van der Waals surface area (Å²) in [4.78, 5) is 22.7. The highest BCUT2D eigenvalue weighted by atomic mass is 16.2. The van der Waals surface area contributed by atoms with Gasteiger partial charge >= 0.3 is 0 Å². The van der Waals surface area contributed by atoms with Gasteiger partial charge in [0.1, 0.15) is 12.1 Å². The van der Waals surface area contributed by atoms with Crippen LogP contribution >= 0.6 is 0 Å². The van der Waals surface area contributed by atoms with Crippen molar-refractivity contribution in [1.82, 2.24) is 15.3 Å². The number of amides is 1. The molecule has 0 saturated carbocycles. The van der Waals surface area contributed by atoms with E-state index in [-0.39, 0.29) is 11.9 Å². The quantitative estimate of drug-likeness (QED) is 0.916. The zero-order valence-corrected chi connectivity index (χ0v) is 13.1. The van der Waals surface area contributed by atoms with Gasteiger partial charge < -0.3 is 10.2 Å². The second-order valence-electron chi connectivity index (χ2n) is 5.40. The molecule has 0 radical (unpaired) electrons. The Morgan fingerprint density at radius 2 is 2.10 bits per heavy atom. The van der Waals surface area contributed by atoms with Crippen LogP contribution in [0.3, 0.4) is 0 Å². The van der Waals surface area contributed by atoms with Gasteiger partial charge in [-0.1, -0.05) is 12.1 Å². The molecule has 2 aromatic rings. The summed E-state index contributed by atoms with van der Waals surface area (Å²) in [7, 11) is 0. The molecule has 5 heteroatoms. The molecule has 5 nitrogen and oxygen atoms in total. The van der Waals surface area contributed by atoms with E-state index in [1.54, 1.807) is 6.33 Å². The topological polar surface area (TPSA) is 58.1 Å². The van der Waals surface area contributed by atoms with Gasteiger partial charge in [-0.25, -0.2) is 9.97 Å². The Kier molecular flexibility index (Phi) is 4.73. The van der Waals surface area contributed by atoms with E-state index >= 15 is 0 Å². The summed E-state index contributed by atoms with van der Waals surface area (Å²) in [6, 6.07) is 6.13. The molecule has 0 aliphatic carbocycles. The van der Waals surface area contributed by atoms with Crippen LogP contribution in [0.25, 0.3) is 10.9 Å². The second-order valence-corrected chi connectivity index (χ2v) is 5.40. The lowest BCUT2D eigenvalue weighted by Crippen LogP contribution is -2.40. The van der Waals surface area contributed by atoms with Gasteiger partial charge in [-0.2, -0.15) is 0 Å². The van der Waals surface area contributed by atoms with Crippen molar-refractivity contribution >= 4 is 22.6 Å². The summed E-state index contributed by atoms with van der Waals surface area (Å²) < 4.78 is 0. The molecule has 1 aromatic carbocycles. The lowest BCUT2D eigenvalue weighted by molar-refractivity contribution is -0.120. The Labute approximate surface area is 125 Å². The van der Waals surface area contributed by atoms with E-state index in [2.05, 4.69) is 15.3 Å². The number of aryl methyl sites for hydroxylation is 1. The van der Waals surface area contributed by atoms with Crippen LogP contribution in [0.2, 0.25) is 0 Å². The fourth-order valence-corrected chi connectivity index (χ4v) is 2.38. The number of carbonyl (C=O) groups is 1. The molecule has 0 atom stereocenters. The van der Waals surface area contributed by atoms with E-state index in [1.165, 1.54) is 0 Å². The SMILES string of the molecule is CCN(CC(=O)NC(C)C)c1ncnc2cccc(C)c12. The number of hydrogen-bond donors (Lipinski definition) is 1. The van der Waals surface area contributed by atoms with Crippen molar-refractivity contribution < 1.29 is 4.79 Å². The summed E-state index contributed by atoms with van der Waals surface area (Å²) in [6.07, 6.45) is 1.56. The predicted molar refractivity (Wildman–Crippen MR) is 85.4 cm³/mol. The Morgan fingerprint density at radius 1 is 1.33 bits per heavy atom. The average molecular weight is 286 g/mol. The molecule has 0 fully saturated rings. The van der Waals surface area contributed by atoms with Crippen LogP contribution in [-0.2, 0) is 4.79 Å². The lowest BCUT2D eigenvalue weighted by Gasteiger charge is -2.23. The first-order valence-electron chi connectivity index (χ1n) is 7.27. The summed E-state index contributed by atoms with van der Waals surface area (Å²) in [5, 5.41) is 3.93. The van der Waals surface area contributed by atoms with Crippen LogP contribution in [0, 0.1) is 6.92 Å². The van der Waals surface area contributed by atoms with Crippen LogP contribution < -0.4 is 10.2 Å². The van der Waals surface area contributed by atoms with Crippen LogP contribution in [-0.4, -0.2) is 35.0 Å². The average Bonchev–Trinajstić information content (AvgIpc) is 2.44. The Balaban J connectivity index is 2.36. The molecule has 0 spiro atoms. The van der Waals surface area contributed by atoms with Crippen molar-refractivity contribution in [3.05, 3.63) is 30.1 Å². The number of benzene rings is 1. The first-order chi connectivity index (χ1) is 10.0. The highest BCUT2D eigenvalue weighted by Crippen LogP contribution is 2.25. The molecule has 0 unspecified atom stereocenters. The fourth-order valence-electron chi connectivity index (χ4n) is 2.38. The number of carbonyl (C=O) groups excluding carboxylic acids is 1. The zero-order chi connectivity index (χ0) is 15.4. The predicted octanol–water partition coefficient (Wildman–Crippen LogP) is 2.29. The summed E-state index contributed by atoms with van der Waals surface area (Å²) >= 11 is 0. The van der Waals surface area contributed by atoms with Crippen LogP contribution in [0.4, 0.5) is 5.82 Å². The molecule has 0 bridgehead atoms. The molecule has 112 valence electrons. The maximum Gasteiger partial charge on any atom is 0.239 e. The number of likely N-dealkylation sites (N-methyl/N-ethyl adjacent to an activating group) is 1. The normalized spacial score (nSPS) is 10.9. The van der Waals surface area contributed by atoms with Gasteiger partial charge in [-0.15, -0.1) is 0 Å². The Bertz CT molecular complexity index is 634. The molecule has 1 heterocycles. The minimum Gasteiger partial charge on any atom is -0.352 e. The molecule has 1 N–H and O–H groups in total. The van der Waals surface area contributed by atoms with E-state index in [0.717, 1.165) is 22.3 Å². The maximum atomic E-state index is 12.0. The molecule has 21 heavy (non-hydrogen) atoms. The smallest absolute Gasteiger partial charge is 0.239 e. The van der Waals surface area contributed by atoms with Gasteiger partial charge in [0.15, 0.2) is 0 Å². The number of fused-ring (bicyclic) bond motifs is 1. The van der Waals surface area contributed by atoms with Crippen LogP contribution in [0.1, 0.15) is 26.3 Å². The van der Waals surface area contributed by atoms with Gasteiger partial charge in [0.2, 0.25) is 5.91 Å². The van der Waals surface area contributed by atoms with Crippen LogP contribution in [0.5, 0.6) is 0 Å². The summed E-state index contributed by atoms with van der Waals surface area (Å²) in [6.45, 7) is 8.99. The molecule has 0 saturated heterocycles. The number of nitrogens with one attached hydrogen (secondary N) is 1. The molecular formula is C16H22N4O. The molecular weight excluding hydrogens is 264 g/mol. The van der Waals surface area contributed by atoms with Gasteiger partial charge in [-0.05, 0) is 39.3 Å². The van der Waals surface area contributed by atoms with E-state index in [4.69, 9.17) is 0 Å². The van der Waals surface area contributed by atoms with Crippen molar-refractivity contribution in [3.8, 4) is 0 Å². The Hall–Kier alpha value is -2.17. The lowest BCUT2D eigenvalue weighted by atomic mass is 10.1. The second kappa shape index (κ2) is 6.52. The summed E-state index contributed by atoms with van der Waals surface area (Å²) in [5.74, 6) is 0.826. The van der Waals surface area contributed by atoms with E-state index in [9.17, 15) is 4.79 Å². The van der Waals surface area contributed by atoms with Crippen molar-refractivity contribution in [3.63, 3.8) is 0 Å². The van der Waals surface area contributed by atoms with Crippen molar-refractivity contribution in [2.24, 2.45) is 0 Å². The van der Waals surface area contributed by atoms with Gasteiger partial charge in [0, 0.05) is 18.0 Å². The highest BCUT2D eigenvalue weighted by molar-refractivity contribution is 5.93. The van der Waals surface area contributed by atoms with E-state index in [1.807, 2.05) is 50.8 Å². The third-order valence-corrected chi connectivity index (χ3v) is 3.32. The van der Waals surface area contributed by atoms with Gasteiger partial charge in [-0.3, -0.25) is 4.79 Å². The number of aromatic nitrogens is 2. The highest BCUT2D eigenvalue weighted by Gasteiger charge is 2.16. The maximum absolute atomic E-state index is 12.0. The molecule has 1 aromatic heterocycles. The zero-order valence-electron chi connectivity index (χ0n) is 13.1. The van der Waals surface area contributed by atoms with Gasteiger partial charge in [0.25, 0.3) is 0 Å². The fraction of sp³-hybridized carbons (Fsp3) is 0.438. The largest absolute Gasteiger partial charge is 0.352 e. The number of hydrogen-bond acceptors (Lipinski definition) is 4. The van der Waals surface area contributed by atoms with Crippen molar-refractivity contribution in [1.29, 1.82) is 0 Å². The Morgan fingerprint density at radius 3 is 2.76 bits per heavy atom. The first-order valence-corrected chi connectivity index (χ1v) is 7.27. The molecule has 1 amide bonds. The van der Waals surface area contributed by atoms with Crippen molar-refractivity contribution in [2.45, 2.75) is 33.7 Å².